The van der Waals surface area contributed by atoms with E-state index in [1.807, 2.05) is 24.3 Å². The summed E-state index contributed by atoms with van der Waals surface area (Å²) in [6, 6.07) is 7.50. The summed E-state index contributed by atoms with van der Waals surface area (Å²) in [5.41, 5.74) is 1.04. The maximum Gasteiger partial charge on any atom is 0.223 e. The first kappa shape index (κ1) is 11.3. The highest BCUT2D eigenvalue weighted by Gasteiger charge is 2.29. The molecule has 1 amide bonds. The first-order chi connectivity index (χ1) is 7.66. The van der Waals surface area contributed by atoms with Crippen molar-refractivity contribution in [3.8, 4) is 0 Å². The van der Waals surface area contributed by atoms with Gasteiger partial charge in [-0.1, -0.05) is 12.1 Å². The topological polar surface area (TPSA) is 46.2 Å². The fourth-order valence-electron chi connectivity index (χ4n) is 1.48. The lowest BCUT2D eigenvalue weighted by Gasteiger charge is -2.04. The highest BCUT2D eigenvalue weighted by molar-refractivity contribution is 7.84. The van der Waals surface area contributed by atoms with Gasteiger partial charge in [-0.3, -0.25) is 9.00 Å². The Morgan fingerprint density at radius 1 is 1.38 bits per heavy atom. The number of rotatable bonds is 4. The third kappa shape index (κ3) is 2.92. The van der Waals surface area contributed by atoms with Crippen molar-refractivity contribution in [1.82, 2.24) is 5.32 Å². The summed E-state index contributed by atoms with van der Waals surface area (Å²) in [5.74, 6) is 0.408. The first-order valence-corrected chi connectivity index (χ1v) is 6.92. The van der Waals surface area contributed by atoms with Gasteiger partial charge in [0.25, 0.3) is 0 Å². The van der Waals surface area contributed by atoms with E-state index in [0.717, 1.165) is 23.3 Å². The normalized spacial score (nSPS) is 16.8. The Morgan fingerprint density at radius 3 is 2.50 bits per heavy atom. The number of hydrogen-bond donors (Lipinski definition) is 1. The predicted octanol–water partition coefficient (Wildman–Crippen LogP) is 1.45. The molecule has 1 aliphatic rings. The number of benzene rings is 1. The zero-order valence-electron chi connectivity index (χ0n) is 9.23. The average Bonchev–Trinajstić information content (AvgIpc) is 3.10. The Bertz CT molecular complexity index is 410. The van der Waals surface area contributed by atoms with E-state index < -0.39 is 10.8 Å². The van der Waals surface area contributed by atoms with Crippen LogP contribution in [-0.4, -0.2) is 16.4 Å². The zero-order chi connectivity index (χ0) is 11.5. The molecule has 0 bridgehead atoms. The van der Waals surface area contributed by atoms with Gasteiger partial charge in [0.2, 0.25) is 5.91 Å². The molecule has 1 atom stereocenters. The van der Waals surface area contributed by atoms with Gasteiger partial charge >= 0.3 is 0 Å². The second kappa shape index (κ2) is 4.78. The van der Waals surface area contributed by atoms with Gasteiger partial charge in [-0.25, -0.2) is 0 Å². The zero-order valence-corrected chi connectivity index (χ0v) is 10.0. The summed E-state index contributed by atoms with van der Waals surface area (Å²) in [6.07, 6.45) is 3.71. The molecule has 2 rings (SSSR count). The number of carbonyl (C=O) groups excluding carboxylic acids is 1. The van der Waals surface area contributed by atoms with Gasteiger partial charge in [0, 0.05) is 34.4 Å². The van der Waals surface area contributed by atoms with Crippen molar-refractivity contribution < 1.29 is 9.00 Å². The number of hydrogen-bond acceptors (Lipinski definition) is 2. The maximum absolute atomic E-state index is 11.4. The number of amides is 1. The summed E-state index contributed by atoms with van der Waals surface area (Å²) in [5, 5.41) is 2.89. The molecule has 0 radical (unpaired) electrons. The molecule has 1 fully saturated rings. The van der Waals surface area contributed by atoms with Crippen LogP contribution in [-0.2, 0) is 22.1 Å². The lowest BCUT2D eigenvalue weighted by molar-refractivity contribution is -0.122. The molecule has 1 N–H and O–H groups in total. The third-order valence-corrected chi connectivity index (χ3v) is 3.61. The summed E-state index contributed by atoms with van der Waals surface area (Å²) in [6.45, 7) is 0.561. The van der Waals surface area contributed by atoms with Crippen LogP contribution in [0.4, 0.5) is 0 Å². The van der Waals surface area contributed by atoms with Crippen LogP contribution in [0.15, 0.2) is 29.2 Å². The van der Waals surface area contributed by atoms with E-state index in [1.54, 1.807) is 6.26 Å². The largest absolute Gasteiger partial charge is 0.352 e. The molecule has 1 saturated carbocycles. The van der Waals surface area contributed by atoms with E-state index in [9.17, 15) is 9.00 Å². The predicted molar refractivity (Wildman–Crippen MR) is 63.3 cm³/mol. The van der Waals surface area contributed by atoms with E-state index in [1.165, 1.54) is 0 Å². The molecular formula is C12H15NO2S. The van der Waals surface area contributed by atoms with Gasteiger partial charge in [0.05, 0.1) is 0 Å². The number of nitrogens with one attached hydrogen (secondary N) is 1. The summed E-state index contributed by atoms with van der Waals surface area (Å²) >= 11 is 0. The lowest BCUT2D eigenvalue weighted by Crippen LogP contribution is -2.24. The van der Waals surface area contributed by atoms with Crippen molar-refractivity contribution in [1.29, 1.82) is 0 Å². The molecule has 1 aliphatic carbocycles. The van der Waals surface area contributed by atoms with Crippen molar-refractivity contribution in [3.05, 3.63) is 29.8 Å². The molecule has 0 saturated heterocycles. The molecule has 0 spiro atoms. The van der Waals surface area contributed by atoms with E-state index in [-0.39, 0.29) is 11.8 Å². The van der Waals surface area contributed by atoms with Crippen molar-refractivity contribution in [2.45, 2.75) is 24.3 Å². The van der Waals surface area contributed by atoms with Crippen LogP contribution in [0.25, 0.3) is 0 Å². The molecule has 0 aliphatic heterocycles. The Morgan fingerprint density at radius 2 is 2.00 bits per heavy atom. The van der Waals surface area contributed by atoms with Crippen LogP contribution in [0.2, 0.25) is 0 Å². The van der Waals surface area contributed by atoms with E-state index >= 15 is 0 Å². The van der Waals surface area contributed by atoms with Gasteiger partial charge < -0.3 is 5.32 Å². The molecule has 0 aromatic heterocycles. The molecule has 86 valence electrons. The highest BCUT2D eigenvalue weighted by Crippen LogP contribution is 2.28. The van der Waals surface area contributed by atoms with Gasteiger partial charge in [-0.15, -0.1) is 0 Å². The van der Waals surface area contributed by atoms with Crippen molar-refractivity contribution in [2.75, 3.05) is 6.26 Å². The van der Waals surface area contributed by atoms with E-state index in [0.29, 0.717) is 6.54 Å². The van der Waals surface area contributed by atoms with Crippen LogP contribution in [0.3, 0.4) is 0 Å². The molecule has 0 heterocycles. The minimum Gasteiger partial charge on any atom is -0.352 e. The van der Waals surface area contributed by atoms with Crippen molar-refractivity contribution in [3.63, 3.8) is 0 Å². The van der Waals surface area contributed by atoms with Gasteiger partial charge in [0.15, 0.2) is 0 Å². The number of carbonyl (C=O) groups is 1. The fraction of sp³-hybridized carbons (Fsp3) is 0.417. The van der Waals surface area contributed by atoms with Crippen molar-refractivity contribution >= 4 is 16.7 Å². The highest BCUT2D eigenvalue weighted by atomic mass is 32.2. The van der Waals surface area contributed by atoms with Crippen molar-refractivity contribution in [2.24, 2.45) is 5.92 Å². The summed E-state index contributed by atoms with van der Waals surface area (Å²) in [7, 11) is -0.935. The molecular weight excluding hydrogens is 222 g/mol. The first-order valence-electron chi connectivity index (χ1n) is 5.37. The molecule has 1 aromatic rings. The fourth-order valence-corrected chi connectivity index (χ4v) is 2.00. The second-order valence-corrected chi connectivity index (χ2v) is 5.47. The van der Waals surface area contributed by atoms with Gasteiger partial charge in [0.1, 0.15) is 0 Å². The molecule has 0 unspecified atom stereocenters. The monoisotopic (exact) mass is 237 g/mol. The second-order valence-electron chi connectivity index (χ2n) is 4.09. The Kier molecular flexibility index (Phi) is 3.39. The Labute approximate surface area is 97.7 Å². The van der Waals surface area contributed by atoms with Crippen LogP contribution in [0.1, 0.15) is 18.4 Å². The van der Waals surface area contributed by atoms with E-state index in [2.05, 4.69) is 5.32 Å². The minimum absolute atomic E-state index is 0.156. The molecule has 3 nitrogen and oxygen atoms in total. The van der Waals surface area contributed by atoms with Crippen LogP contribution in [0.5, 0.6) is 0 Å². The van der Waals surface area contributed by atoms with E-state index in [4.69, 9.17) is 0 Å². The van der Waals surface area contributed by atoms with Crippen LogP contribution in [0, 0.1) is 5.92 Å². The summed E-state index contributed by atoms with van der Waals surface area (Å²) in [4.78, 5) is 12.2. The Hall–Kier alpha value is -1.16. The molecule has 4 heteroatoms. The standard InChI is InChI=1S/C12H15NO2S/c1-16(15)11-6-2-9(3-7-11)8-13-12(14)10-4-5-10/h2-3,6-7,10H,4-5,8H2,1H3,(H,13,14)/t16-/m1/s1. The smallest absolute Gasteiger partial charge is 0.223 e. The average molecular weight is 237 g/mol. The van der Waals surface area contributed by atoms with Crippen LogP contribution < -0.4 is 5.32 Å². The van der Waals surface area contributed by atoms with Crippen LogP contribution >= 0.6 is 0 Å². The Balaban J connectivity index is 1.89. The summed E-state index contributed by atoms with van der Waals surface area (Å²) < 4.78 is 11.2. The SMILES string of the molecule is C[S@@](=O)c1ccc(CNC(=O)C2CC2)cc1. The lowest BCUT2D eigenvalue weighted by atomic mass is 10.2. The maximum atomic E-state index is 11.4. The molecule has 1 aromatic carbocycles. The third-order valence-electron chi connectivity index (χ3n) is 2.67. The minimum atomic E-state index is -0.935. The van der Waals surface area contributed by atoms with Gasteiger partial charge in [-0.2, -0.15) is 0 Å². The van der Waals surface area contributed by atoms with Gasteiger partial charge in [-0.05, 0) is 30.5 Å². The molecule has 16 heavy (non-hydrogen) atoms. The quantitative estimate of drug-likeness (QED) is 0.861.